The molecule has 0 spiro atoms. The molecule has 0 saturated heterocycles. The number of nitrogens with zero attached hydrogens (tertiary/aromatic N) is 1. The molecule has 2 heterocycles. The molecule has 174 valence electrons. The molecule has 0 amide bonds. The highest BCUT2D eigenvalue weighted by atomic mass is 32.2. The molecule has 1 aromatic heterocycles. The largest absolute Gasteiger partial charge is 0.511 e. The van der Waals surface area contributed by atoms with Gasteiger partial charge in [-0.3, -0.25) is 0 Å². The summed E-state index contributed by atoms with van der Waals surface area (Å²) < 4.78 is 20.3. The number of benzene rings is 2. The summed E-state index contributed by atoms with van der Waals surface area (Å²) in [6.07, 6.45) is 1.44. The van der Waals surface area contributed by atoms with E-state index in [0.29, 0.717) is 12.8 Å². The number of ether oxygens (including phenoxy) is 1. The zero-order chi connectivity index (χ0) is 23.8. The van der Waals surface area contributed by atoms with Crippen LogP contribution in [0.15, 0.2) is 57.5 Å². The third kappa shape index (κ3) is 4.94. The van der Waals surface area contributed by atoms with Crippen LogP contribution in [0.4, 0.5) is 4.39 Å². The maximum Gasteiger partial charge on any atom is 0.349 e. The van der Waals surface area contributed by atoms with Gasteiger partial charge in [0.2, 0.25) is 0 Å². The van der Waals surface area contributed by atoms with Crippen molar-refractivity contribution in [1.29, 1.82) is 0 Å². The first-order valence-electron chi connectivity index (χ1n) is 11.1. The van der Waals surface area contributed by atoms with Gasteiger partial charge in [-0.15, -0.1) is 11.3 Å². The molecule has 1 N–H and O–H groups in total. The predicted octanol–water partition coefficient (Wildman–Crippen LogP) is 7.40. The molecule has 0 bridgehead atoms. The van der Waals surface area contributed by atoms with Crippen LogP contribution < -0.4 is 0 Å². The molecule has 1 unspecified atom stereocenters. The normalized spacial score (nSPS) is 19.1. The van der Waals surface area contributed by atoms with Crippen molar-refractivity contribution in [1.82, 2.24) is 4.98 Å². The van der Waals surface area contributed by atoms with Crippen LogP contribution in [0, 0.1) is 11.7 Å². The fourth-order valence-corrected chi connectivity index (χ4v) is 6.05. The molecule has 0 saturated carbocycles. The van der Waals surface area contributed by atoms with Gasteiger partial charge in [0.05, 0.1) is 15.7 Å². The third-order valence-corrected chi connectivity index (χ3v) is 8.28. The van der Waals surface area contributed by atoms with Crippen molar-refractivity contribution in [2.24, 2.45) is 5.92 Å². The van der Waals surface area contributed by atoms with Gasteiger partial charge in [0.25, 0.3) is 0 Å². The monoisotopic (exact) mass is 485 g/mol. The van der Waals surface area contributed by atoms with Crippen LogP contribution in [-0.4, -0.2) is 21.7 Å². The fraction of sp³-hybridized carbons (Fsp3) is 0.385. The first-order valence-corrected chi connectivity index (χ1v) is 12.8. The van der Waals surface area contributed by atoms with E-state index in [1.807, 2.05) is 25.4 Å². The lowest BCUT2D eigenvalue weighted by Gasteiger charge is -2.40. The van der Waals surface area contributed by atoms with E-state index in [9.17, 15) is 14.3 Å². The summed E-state index contributed by atoms with van der Waals surface area (Å²) in [5, 5.41) is 11.0. The molecule has 0 aliphatic carbocycles. The summed E-state index contributed by atoms with van der Waals surface area (Å²) >= 11 is 2.83. The van der Waals surface area contributed by atoms with Gasteiger partial charge in [0.15, 0.2) is 0 Å². The zero-order valence-electron chi connectivity index (χ0n) is 19.2. The average Bonchev–Trinajstić information content (AvgIpc) is 3.22. The van der Waals surface area contributed by atoms with Crippen LogP contribution >= 0.6 is 23.1 Å². The Labute approximate surface area is 201 Å². The Morgan fingerprint density at radius 3 is 2.58 bits per heavy atom. The van der Waals surface area contributed by atoms with E-state index in [-0.39, 0.29) is 34.7 Å². The SMILES string of the molecule is CC(C)c1cc2ncsc2cc1SC1=C(O)CC(CCc2ccc(F)cc2)(C(C)C)OC1=O. The maximum atomic E-state index is 13.2. The van der Waals surface area contributed by atoms with E-state index in [0.717, 1.165) is 26.2 Å². The smallest absolute Gasteiger partial charge is 0.349 e. The zero-order valence-corrected chi connectivity index (χ0v) is 20.9. The highest BCUT2D eigenvalue weighted by molar-refractivity contribution is 8.04. The van der Waals surface area contributed by atoms with Crippen molar-refractivity contribution in [3.05, 3.63) is 69.5 Å². The molecule has 33 heavy (non-hydrogen) atoms. The van der Waals surface area contributed by atoms with Gasteiger partial charge < -0.3 is 9.84 Å². The van der Waals surface area contributed by atoms with Crippen molar-refractivity contribution >= 4 is 39.3 Å². The molecule has 1 aliphatic heterocycles. The number of fused-ring (bicyclic) bond motifs is 1. The fourth-order valence-electron chi connectivity index (χ4n) is 4.16. The van der Waals surface area contributed by atoms with Crippen molar-refractivity contribution in [3.63, 3.8) is 0 Å². The number of esters is 1. The lowest BCUT2D eigenvalue weighted by Crippen LogP contribution is -2.44. The lowest BCUT2D eigenvalue weighted by molar-refractivity contribution is -0.164. The number of aryl methyl sites for hydroxylation is 1. The van der Waals surface area contributed by atoms with Crippen molar-refractivity contribution < 1.29 is 19.0 Å². The minimum atomic E-state index is -0.803. The summed E-state index contributed by atoms with van der Waals surface area (Å²) in [6.45, 7) is 8.20. The topological polar surface area (TPSA) is 59.4 Å². The lowest BCUT2D eigenvalue weighted by atomic mass is 9.80. The Morgan fingerprint density at radius 1 is 1.21 bits per heavy atom. The van der Waals surface area contributed by atoms with Crippen molar-refractivity contribution in [2.75, 3.05) is 0 Å². The molecule has 1 aliphatic rings. The minimum absolute atomic E-state index is 0.00960. The highest BCUT2D eigenvalue weighted by Crippen LogP contribution is 2.45. The second-order valence-electron chi connectivity index (χ2n) is 9.15. The van der Waals surface area contributed by atoms with Crippen LogP contribution in [0.3, 0.4) is 0 Å². The molecule has 2 aromatic carbocycles. The summed E-state index contributed by atoms with van der Waals surface area (Å²) in [4.78, 5) is 18.7. The standard InChI is InChI=1S/C26H28FNO3S2/c1-15(2)19-11-20-23(32-14-28-20)12-22(19)33-24-21(29)13-26(16(3)4,31-25(24)30)10-9-17-5-7-18(27)8-6-17/h5-8,11-12,14-16,29H,9-10,13H2,1-4H3. The maximum absolute atomic E-state index is 13.2. The molecular weight excluding hydrogens is 457 g/mol. The van der Waals surface area contributed by atoms with E-state index in [4.69, 9.17) is 4.74 Å². The van der Waals surface area contributed by atoms with E-state index >= 15 is 0 Å². The Bertz CT molecular complexity index is 1200. The van der Waals surface area contributed by atoms with Gasteiger partial charge in [0, 0.05) is 11.3 Å². The number of thioether (sulfide) groups is 1. The van der Waals surface area contributed by atoms with Gasteiger partial charge in [0.1, 0.15) is 22.1 Å². The van der Waals surface area contributed by atoms with Gasteiger partial charge in [-0.25, -0.2) is 14.2 Å². The minimum Gasteiger partial charge on any atom is -0.511 e. The van der Waals surface area contributed by atoms with E-state index in [1.54, 1.807) is 23.5 Å². The number of aromatic nitrogens is 1. The highest BCUT2D eigenvalue weighted by Gasteiger charge is 2.44. The molecule has 0 fully saturated rings. The van der Waals surface area contributed by atoms with Gasteiger partial charge in [-0.1, -0.05) is 51.6 Å². The summed E-state index contributed by atoms with van der Waals surface area (Å²) in [5.41, 5.74) is 4.01. The number of rotatable bonds is 7. The first-order chi connectivity index (χ1) is 15.7. The molecule has 7 heteroatoms. The number of hydrogen-bond donors (Lipinski definition) is 1. The van der Waals surface area contributed by atoms with Crippen LogP contribution in [0.1, 0.15) is 57.6 Å². The van der Waals surface area contributed by atoms with Crippen LogP contribution in [-0.2, 0) is 16.0 Å². The third-order valence-electron chi connectivity index (χ3n) is 6.31. The Hall–Kier alpha value is -2.38. The van der Waals surface area contributed by atoms with Gasteiger partial charge >= 0.3 is 5.97 Å². The molecular formula is C26H28FNO3S2. The number of cyclic esters (lactones) is 1. The predicted molar refractivity (Wildman–Crippen MR) is 132 cm³/mol. The number of halogens is 1. The molecule has 4 nitrogen and oxygen atoms in total. The summed E-state index contributed by atoms with van der Waals surface area (Å²) in [5.74, 6) is -0.443. The summed E-state index contributed by atoms with van der Waals surface area (Å²) in [7, 11) is 0. The van der Waals surface area contributed by atoms with E-state index in [1.165, 1.54) is 23.9 Å². The Kier molecular flexibility index (Phi) is 6.82. The second kappa shape index (κ2) is 9.47. The Balaban J connectivity index is 1.61. The summed E-state index contributed by atoms with van der Waals surface area (Å²) in [6, 6.07) is 10.5. The van der Waals surface area contributed by atoms with E-state index in [2.05, 4.69) is 24.9 Å². The first kappa shape index (κ1) is 23.8. The molecule has 3 aromatic rings. The number of carbonyl (C=O) groups is 1. The second-order valence-corrected chi connectivity index (χ2v) is 11.1. The molecule has 0 radical (unpaired) electrons. The molecule has 4 rings (SSSR count). The van der Waals surface area contributed by atoms with Gasteiger partial charge in [-0.05, 0) is 60.1 Å². The van der Waals surface area contributed by atoms with Crippen molar-refractivity contribution in [3.8, 4) is 0 Å². The number of aliphatic hydroxyl groups excluding tert-OH is 1. The number of hydrogen-bond acceptors (Lipinski definition) is 6. The van der Waals surface area contributed by atoms with Crippen LogP contribution in [0.2, 0.25) is 0 Å². The number of thiazole rings is 1. The average molecular weight is 486 g/mol. The number of aliphatic hydroxyl groups is 1. The number of carbonyl (C=O) groups excluding carboxylic acids is 1. The molecule has 1 atom stereocenters. The quantitative estimate of drug-likeness (QED) is 0.353. The van der Waals surface area contributed by atoms with Crippen LogP contribution in [0.25, 0.3) is 10.2 Å². The Morgan fingerprint density at radius 2 is 1.94 bits per heavy atom. The van der Waals surface area contributed by atoms with Crippen molar-refractivity contribution in [2.45, 2.75) is 63.4 Å². The van der Waals surface area contributed by atoms with Gasteiger partial charge in [-0.2, -0.15) is 0 Å². The van der Waals surface area contributed by atoms with E-state index < -0.39 is 11.6 Å². The van der Waals surface area contributed by atoms with Crippen LogP contribution in [0.5, 0.6) is 0 Å².